The van der Waals surface area contributed by atoms with E-state index in [0.29, 0.717) is 37.5 Å². The first-order chi connectivity index (χ1) is 16.3. The second-order valence-electron chi connectivity index (χ2n) is 8.08. The average molecular weight is 468 g/mol. The van der Waals surface area contributed by atoms with Crippen LogP contribution in [0.2, 0.25) is 0 Å². The average Bonchev–Trinajstić information content (AvgIpc) is 2.86. The number of carboxylic acids is 1. The van der Waals surface area contributed by atoms with Gasteiger partial charge in [0.1, 0.15) is 11.8 Å². The molecule has 0 spiro atoms. The Balaban J connectivity index is 1.42. The Hall–Kier alpha value is -3.88. The molecule has 2 aromatic rings. The molecule has 3 rings (SSSR count). The molecule has 1 fully saturated rings. The van der Waals surface area contributed by atoms with Crippen LogP contribution in [0.3, 0.4) is 0 Å². The number of ether oxygens (including phenoxy) is 1. The molecule has 0 aromatic heterocycles. The molecule has 2 N–H and O–H groups in total. The third kappa shape index (κ3) is 6.81. The van der Waals surface area contributed by atoms with Gasteiger partial charge in [0.15, 0.2) is 6.61 Å². The quantitative estimate of drug-likeness (QED) is 0.580. The summed E-state index contributed by atoms with van der Waals surface area (Å²) in [4.78, 5) is 52.1. The molecule has 1 aliphatic rings. The molecule has 1 heterocycles. The van der Waals surface area contributed by atoms with Crippen LogP contribution in [0.4, 0.5) is 0 Å². The summed E-state index contributed by atoms with van der Waals surface area (Å²) in [7, 11) is 0. The fourth-order valence-electron chi connectivity index (χ4n) is 3.67. The molecule has 0 bridgehead atoms. The summed E-state index contributed by atoms with van der Waals surface area (Å²) in [5.74, 6) is -1.38. The lowest BCUT2D eigenvalue weighted by Gasteiger charge is -2.35. The first kappa shape index (κ1) is 24.8. The largest absolute Gasteiger partial charge is 0.484 e. The zero-order valence-electron chi connectivity index (χ0n) is 19.1. The fourth-order valence-corrected chi connectivity index (χ4v) is 3.67. The van der Waals surface area contributed by atoms with E-state index in [1.807, 2.05) is 31.2 Å². The number of hydrogen-bond donors (Lipinski definition) is 2. The Morgan fingerprint density at radius 2 is 1.50 bits per heavy atom. The molecule has 0 radical (unpaired) electrons. The Morgan fingerprint density at radius 1 is 0.912 bits per heavy atom. The number of aliphatic carboxylic acids is 1. The van der Waals surface area contributed by atoms with E-state index in [9.17, 15) is 24.3 Å². The molecule has 1 atom stereocenters. The highest BCUT2D eigenvalue weighted by Crippen LogP contribution is 2.16. The number of nitrogens with one attached hydrogen (secondary N) is 1. The van der Waals surface area contributed by atoms with Crippen LogP contribution in [0.5, 0.6) is 5.75 Å². The first-order valence-electron chi connectivity index (χ1n) is 11.2. The van der Waals surface area contributed by atoms with Crippen molar-refractivity contribution in [3.05, 3.63) is 65.7 Å². The van der Waals surface area contributed by atoms with Gasteiger partial charge in [-0.3, -0.25) is 14.4 Å². The van der Waals surface area contributed by atoms with E-state index in [4.69, 9.17) is 4.74 Å². The molecule has 0 unspecified atom stereocenters. The number of carboxylic acid groups (broad SMARTS) is 1. The summed E-state index contributed by atoms with van der Waals surface area (Å²) < 4.78 is 5.62. The van der Waals surface area contributed by atoms with Crippen LogP contribution in [0, 0.1) is 6.92 Å². The fraction of sp³-hybridized carbons (Fsp3) is 0.360. The van der Waals surface area contributed by atoms with Crippen molar-refractivity contribution in [3.8, 4) is 5.75 Å². The van der Waals surface area contributed by atoms with Crippen LogP contribution >= 0.6 is 0 Å². The van der Waals surface area contributed by atoms with Crippen molar-refractivity contribution < 1.29 is 29.0 Å². The number of piperazine rings is 1. The molecular formula is C25H29N3O6. The third-order valence-electron chi connectivity index (χ3n) is 5.72. The number of benzene rings is 2. The normalized spacial score (nSPS) is 14.3. The summed E-state index contributed by atoms with van der Waals surface area (Å²) in [5, 5.41) is 11.9. The number of hydrogen-bond acceptors (Lipinski definition) is 5. The standard InChI is InChI=1S/C25H29N3O6/c1-18-7-5-6-10-21(18)34-17-23(30)28-15-13-27(14-16-28)22(29)12-11-20(25(32)33)26-24(31)19-8-3-2-4-9-19/h2-10,20H,11-17H2,1H3,(H,26,31)(H,32,33)/t20-/m0/s1. The van der Waals surface area contributed by atoms with Crippen LogP contribution < -0.4 is 10.1 Å². The third-order valence-corrected chi connectivity index (χ3v) is 5.72. The maximum absolute atomic E-state index is 12.6. The van der Waals surface area contributed by atoms with Gasteiger partial charge in [0.25, 0.3) is 11.8 Å². The molecule has 0 saturated carbocycles. The highest BCUT2D eigenvalue weighted by atomic mass is 16.5. The molecule has 3 amide bonds. The van der Waals surface area contributed by atoms with Crippen LogP contribution in [0.1, 0.15) is 28.8 Å². The van der Waals surface area contributed by atoms with E-state index >= 15 is 0 Å². The van der Waals surface area contributed by atoms with E-state index in [1.54, 1.807) is 40.1 Å². The van der Waals surface area contributed by atoms with Gasteiger partial charge in [-0.05, 0) is 37.1 Å². The minimum atomic E-state index is -1.19. The van der Waals surface area contributed by atoms with Gasteiger partial charge in [-0.1, -0.05) is 36.4 Å². The van der Waals surface area contributed by atoms with E-state index in [0.717, 1.165) is 5.56 Å². The van der Waals surface area contributed by atoms with Crippen molar-refractivity contribution in [2.75, 3.05) is 32.8 Å². The lowest BCUT2D eigenvalue weighted by atomic mass is 10.1. The molecule has 9 nitrogen and oxygen atoms in total. The van der Waals surface area contributed by atoms with Gasteiger partial charge in [0.05, 0.1) is 0 Å². The first-order valence-corrected chi connectivity index (χ1v) is 11.2. The maximum Gasteiger partial charge on any atom is 0.326 e. The zero-order valence-corrected chi connectivity index (χ0v) is 19.1. The molecule has 34 heavy (non-hydrogen) atoms. The summed E-state index contributed by atoms with van der Waals surface area (Å²) in [6.07, 6.45) is -0.0352. The smallest absolute Gasteiger partial charge is 0.326 e. The van der Waals surface area contributed by atoms with Gasteiger partial charge in [-0.15, -0.1) is 0 Å². The van der Waals surface area contributed by atoms with Crippen LogP contribution in [-0.2, 0) is 14.4 Å². The van der Waals surface area contributed by atoms with Crippen molar-refractivity contribution in [1.29, 1.82) is 0 Å². The number of carbonyl (C=O) groups is 4. The maximum atomic E-state index is 12.6. The van der Waals surface area contributed by atoms with Gasteiger partial charge in [0.2, 0.25) is 5.91 Å². The summed E-state index contributed by atoms with van der Waals surface area (Å²) in [6.45, 7) is 3.34. The SMILES string of the molecule is Cc1ccccc1OCC(=O)N1CCN(C(=O)CC[C@H](NC(=O)c2ccccc2)C(=O)O)CC1. The highest BCUT2D eigenvalue weighted by molar-refractivity contribution is 5.96. The summed E-state index contributed by atoms with van der Waals surface area (Å²) in [5.41, 5.74) is 1.30. The van der Waals surface area contributed by atoms with Crippen LogP contribution in [-0.4, -0.2) is 77.4 Å². The Bertz CT molecular complexity index is 1020. The topological polar surface area (TPSA) is 116 Å². The number of nitrogens with zero attached hydrogens (tertiary/aromatic N) is 2. The van der Waals surface area contributed by atoms with Crippen molar-refractivity contribution in [3.63, 3.8) is 0 Å². The van der Waals surface area contributed by atoms with Crippen molar-refractivity contribution in [1.82, 2.24) is 15.1 Å². The lowest BCUT2D eigenvalue weighted by Crippen LogP contribution is -2.52. The number of para-hydroxylation sites is 1. The molecule has 9 heteroatoms. The molecule has 1 aliphatic heterocycles. The number of carbonyl (C=O) groups excluding carboxylic acids is 3. The molecular weight excluding hydrogens is 438 g/mol. The Labute approximate surface area is 198 Å². The summed E-state index contributed by atoms with van der Waals surface area (Å²) >= 11 is 0. The van der Waals surface area contributed by atoms with Crippen molar-refractivity contribution in [2.45, 2.75) is 25.8 Å². The van der Waals surface area contributed by atoms with E-state index in [1.165, 1.54) is 0 Å². The van der Waals surface area contributed by atoms with E-state index in [2.05, 4.69) is 5.32 Å². The Morgan fingerprint density at radius 3 is 2.12 bits per heavy atom. The van der Waals surface area contributed by atoms with Gasteiger partial charge < -0.3 is 25.0 Å². The minimum Gasteiger partial charge on any atom is -0.484 e. The van der Waals surface area contributed by atoms with Crippen LogP contribution in [0.15, 0.2) is 54.6 Å². The second kappa shape index (κ2) is 11.8. The lowest BCUT2D eigenvalue weighted by molar-refractivity contribution is -0.142. The highest BCUT2D eigenvalue weighted by Gasteiger charge is 2.27. The van der Waals surface area contributed by atoms with Gasteiger partial charge in [-0.2, -0.15) is 0 Å². The minimum absolute atomic E-state index is 0.0175. The molecule has 180 valence electrons. The predicted octanol–water partition coefficient (Wildman–Crippen LogP) is 1.71. The van der Waals surface area contributed by atoms with Gasteiger partial charge in [-0.25, -0.2) is 4.79 Å². The summed E-state index contributed by atoms with van der Waals surface area (Å²) in [6, 6.07) is 14.6. The van der Waals surface area contributed by atoms with Crippen molar-refractivity contribution >= 4 is 23.7 Å². The molecule has 1 saturated heterocycles. The van der Waals surface area contributed by atoms with Gasteiger partial charge in [0, 0.05) is 38.2 Å². The van der Waals surface area contributed by atoms with E-state index in [-0.39, 0.29) is 31.3 Å². The van der Waals surface area contributed by atoms with Crippen LogP contribution in [0.25, 0.3) is 0 Å². The molecule has 0 aliphatic carbocycles. The number of amides is 3. The monoisotopic (exact) mass is 467 g/mol. The van der Waals surface area contributed by atoms with Gasteiger partial charge >= 0.3 is 5.97 Å². The van der Waals surface area contributed by atoms with Crippen molar-refractivity contribution in [2.24, 2.45) is 0 Å². The second-order valence-corrected chi connectivity index (χ2v) is 8.08. The Kier molecular flexibility index (Phi) is 8.61. The predicted molar refractivity (Wildman–Crippen MR) is 124 cm³/mol. The number of rotatable bonds is 9. The zero-order chi connectivity index (χ0) is 24.5. The number of aryl methyl sites for hydroxylation is 1. The molecule has 2 aromatic carbocycles. The van der Waals surface area contributed by atoms with E-state index < -0.39 is 17.9 Å².